The van der Waals surface area contributed by atoms with Crippen molar-refractivity contribution >= 4 is 17.7 Å². The van der Waals surface area contributed by atoms with Crippen molar-refractivity contribution in [1.82, 2.24) is 14.7 Å². The Labute approximate surface area is 162 Å². The van der Waals surface area contributed by atoms with Gasteiger partial charge < -0.3 is 20.4 Å². The molecule has 148 valence electrons. The molecule has 2 amide bonds. The van der Waals surface area contributed by atoms with Gasteiger partial charge in [-0.15, -0.1) is 0 Å². The molecule has 28 heavy (non-hydrogen) atoms. The van der Waals surface area contributed by atoms with E-state index in [1.54, 1.807) is 31.2 Å². The van der Waals surface area contributed by atoms with Crippen LogP contribution in [0.15, 0.2) is 24.3 Å². The van der Waals surface area contributed by atoms with Gasteiger partial charge in [0.15, 0.2) is 0 Å². The first kappa shape index (κ1) is 20.9. The number of carboxylic acids is 1. The molecule has 1 unspecified atom stereocenters. The molecule has 1 aromatic heterocycles. The van der Waals surface area contributed by atoms with Gasteiger partial charge in [0.2, 0.25) is 0 Å². The van der Waals surface area contributed by atoms with Crippen molar-refractivity contribution in [2.45, 2.75) is 39.9 Å². The summed E-state index contributed by atoms with van der Waals surface area (Å²) in [5.74, 6) is -1.10. The molecule has 1 aliphatic heterocycles. The minimum atomic E-state index is -1.10. The highest BCUT2D eigenvalue weighted by Crippen LogP contribution is 2.24. The smallest absolute Gasteiger partial charge is 0.339 e. The van der Waals surface area contributed by atoms with Crippen molar-refractivity contribution in [2.75, 3.05) is 11.9 Å². The van der Waals surface area contributed by atoms with Crippen LogP contribution in [0.3, 0.4) is 0 Å². The van der Waals surface area contributed by atoms with Gasteiger partial charge in [0.25, 0.3) is 0 Å². The van der Waals surface area contributed by atoms with Crippen LogP contribution in [0.4, 0.5) is 10.5 Å². The van der Waals surface area contributed by atoms with Crippen LogP contribution in [-0.2, 0) is 13.1 Å². The number of hydrogen-bond donors (Lipinski definition) is 3. The van der Waals surface area contributed by atoms with E-state index in [4.69, 9.17) is 5.26 Å². The van der Waals surface area contributed by atoms with E-state index >= 15 is 0 Å². The maximum absolute atomic E-state index is 12.7. The predicted molar refractivity (Wildman–Crippen MR) is 102 cm³/mol. The molecule has 0 bridgehead atoms. The van der Waals surface area contributed by atoms with Crippen LogP contribution in [0.2, 0.25) is 0 Å². The zero-order valence-corrected chi connectivity index (χ0v) is 16.0. The van der Waals surface area contributed by atoms with Gasteiger partial charge >= 0.3 is 12.0 Å². The Hall–Kier alpha value is -3.38. The monoisotopic (exact) mass is 385 g/mol. The predicted octanol–water partition coefficient (Wildman–Crippen LogP) is 2.20. The van der Waals surface area contributed by atoms with E-state index in [1.165, 1.54) is 9.58 Å². The summed E-state index contributed by atoms with van der Waals surface area (Å²) in [5.41, 5.74) is 1.85. The number of aliphatic hydroxyl groups is 1. The average Bonchev–Trinajstić information content (AvgIpc) is 3.03. The zero-order valence-electron chi connectivity index (χ0n) is 16.0. The highest BCUT2D eigenvalue weighted by molar-refractivity contribution is 5.92. The summed E-state index contributed by atoms with van der Waals surface area (Å²) >= 11 is 0. The number of hydrogen-bond acceptors (Lipinski definition) is 5. The van der Waals surface area contributed by atoms with Gasteiger partial charge in [0.05, 0.1) is 48.8 Å². The minimum absolute atomic E-state index is 0.0236. The summed E-state index contributed by atoms with van der Waals surface area (Å²) < 4.78 is 1.53. The third kappa shape index (κ3) is 4.13. The number of carbonyl (C=O) groups excluding carboxylic acids is 1. The number of fused-ring (bicyclic) bond motifs is 1. The number of carbonyl (C=O) groups is 2. The molecule has 3 N–H and O–H groups in total. The Morgan fingerprint density at radius 1 is 1.32 bits per heavy atom. The number of aromatic nitrogens is 2. The molecule has 1 atom stereocenters. The SMILES string of the molecule is CC.Cc1nn2c(c1C(=O)O)CN(C(=O)Nc1ccc(C#N)cc1)C(CO)C2. The summed E-state index contributed by atoms with van der Waals surface area (Å²) in [6.07, 6.45) is 0. The average molecular weight is 385 g/mol. The van der Waals surface area contributed by atoms with Gasteiger partial charge in [-0.2, -0.15) is 10.4 Å². The zero-order chi connectivity index (χ0) is 20.8. The van der Waals surface area contributed by atoms with Crippen LogP contribution in [0.25, 0.3) is 0 Å². The van der Waals surface area contributed by atoms with Gasteiger partial charge in [0, 0.05) is 5.69 Å². The molecule has 0 saturated carbocycles. The molecular formula is C19H23N5O4. The molecule has 0 fully saturated rings. The maximum atomic E-state index is 12.7. The number of aromatic carboxylic acids is 1. The van der Waals surface area contributed by atoms with Crippen LogP contribution in [0.1, 0.15) is 41.2 Å². The number of nitriles is 1. The number of carboxylic acid groups (broad SMARTS) is 1. The molecule has 1 aromatic carbocycles. The largest absolute Gasteiger partial charge is 0.478 e. The van der Waals surface area contributed by atoms with Crippen molar-refractivity contribution < 1.29 is 19.8 Å². The third-order valence-electron chi connectivity index (χ3n) is 4.33. The van der Waals surface area contributed by atoms with Gasteiger partial charge in [-0.25, -0.2) is 9.59 Å². The fraction of sp³-hybridized carbons (Fsp3) is 0.368. The highest BCUT2D eigenvalue weighted by Gasteiger charge is 2.34. The minimum Gasteiger partial charge on any atom is -0.478 e. The van der Waals surface area contributed by atoms with Crippen molar-refractivity contribution in [2.24, 2.45) is 0 Å². The van der Waals surface area contributed by atoms with Crippen LogP contribution in [-0.4, -0.2) is 49.5 Å². The van der Waals surface area contributed by atoms with E-state index in [1.807, 2.05) is 19.9 Å². The van der Waals surface area contributed by atoms with Crippen LogP contribution < -0.4 is 5.32 Å². The maximum Gasteiger partial charge on any atom is 0.339 e. The normalized spacial score (nSPS) is 15.0. The van der Waals surface area contributed by atoms with Crippen molar-refractivity contribution in [3.8, 4) is 6.07 Å². The van der Waals surface area contributed by atoms with Crippen molar-refractivity contribution in [1.29, 1.82) is 5.26 Å². The summed E-state index contributed by atoms with van der Waals surface area (Å²) in [7, 11) is 0. The number of nitrogens with zero attached hydrogens (tertiary/aromatic N) is 4. The van der Waals surface area contributed by atoms with E-state index in [9.17, 15) is 19.8 Å². The Kier molecular flexibility index (Phi) is 6.74. The molecule has 9 heteroatoms. The first-order valence-electron chi connectivity index (χ1n) is 8.92. The molecular weight excluding hydrogens is 362 g/mol. The second kappa shape index (κ2) is 9.01. The Balaban J connectivity index is 0.00000136. The summed E-state index contributed by atoms with van der Waals surface area (Å²) in [6, 6.07) is 7.37. The van der Waals surface area contributed by atoms with E-state index in [-0.39, 0.29) is 25.3 Å². The lowest BCUT2D eigenvalue weighted by atomic mass is 10.1. The highest BCUT2D eigenvalue weighted by atomic mass is 16.4. The number of benzene rings is 1. The summed E-state index contributed by atoms with van der Waals surface area (Å²) in [6.45, 7) is 5.56. The van der Waals surface area contributed by atoms with Gasteiger partial charge in [-0.05, 0) is 31.2 Å². The molecule has 3 rings (SSSR count). The van der Waals surface area contributed by atoms with E-state index < -0.39 is 18.0 Å². The number of aryl methyl sites for hydroxylation is 1. The molecule has 0 spiro atoms. The number of nitrogens with one attached hydrogen (secondary N) is 1. The van der Waals surface area contributed by atoms with Crippen LogP contribution in [0, 0.1) is 18.3 Å². The Bertz CT molecular complexity index is 898. The quantitative estimate of drug-likeness (QED) is 0.742. The summed E-state index contributed by atoms with van der Waals surface area (Å²) in [5, 5.41) is 34.8. The number of urea groups is 1. The fourth-order valence-corrected chi connectivity index (χ4v) is 3.03. The topological polar surface area (TPSA) is 131 Å². The number of rotatable bonds is 3. The number of anilines is 1. The lowest BCUT2D eigenvalue weighted by Crippen LogP contribution is -2.50. The van der Waals surface area contributed by atoms with Crippen LogP contribution in [0.5, 0.6) is 0 Å². The summed E-state index contributed by atoms with van der Waals surface area (Å²) in [4.78, 5) is 25.5. The molecule has 0 aliphatic carbocycles. The lowest BCUT2D eigenvalue weighted by Gasteiger charge is -2.35. The van der Waals surface area contributed by atoms with E-state index in [2.05, 4.69) is 10.4 Å². The molecule has 9 nitrogen and oxygen atoms in total. The van der Waals surface area contributed by atoms with E-state index in [0.29, 0.717) is 22.6 Å². The first-order valence-corrected chi connectivity index (χ1v) is 8.92. The molecule has 1 aliphatic rings. The third-order valence-corrected chi connectivity index (χ3v) is 4.33. The number of amides is 2. The van der Waals surface area contributed by atoms with Gasteiger partial charge in [0.1, 0.15) is 5.56 Å². The van der Waals surface area contributed by atoms with Crippen LogP contribution >= 0.6 is 0 Å². The second-order valence-corrected chi connectivity index (χ2v) is 5.98. The second-order valence-electron chi connectivity index (χ2n) is 5.98. The first-order chi connectivity index (χ1) is 13.4. The van der Waals surface area contributed by atoms with Gasteiger partial charge in [-0.3, -0.25) is 4.68 Å². The lowest BCUT2D eigenvalue weighted by molar-refractivity contribution is 0.0687. The van der Waals surface area contributed by atoms with E-state index in [0.717, 1.165) is 0 Å². The molecule has 2 heterocycles. The Morgan fingerprint density at radius 2 is 1.96 bits per heavy atom. The molecule has 2 aromatic rings. The van der Waals surface area contributed by atoms with Crippen molar-refractivity contribution in [3.05, 3.63) is 46.8 Å². The number of aliphatic hydroxyl groups excluding tert-OH is 1. The van der Waals surface area contributed by atoms with Gasteiger partial charge in [-0.1, -0.05) is 13.8 Å². The fourth-order valence-electron chi connectivity index (χ4n) is 3.03. The molecule has 0 radical (unpaired) electrons. The molecule has 0 saturated heterocycles. The standard InChI is InChI=1S/C17H17N5O4.C2H6/c1-10-15(16(24)25)14-8-21(13(9-23)7-22(14)20-10)17(26)19-12-4-2-11(6-18)3-5-12;1-2/h2-5,13,23H,7-9H2,1H3,(H,19,26)(H,24,25);1-2H3. The Morgan fingerprint density at radius 3 is 2.50 bits per heavy atom. The van der Waals surface area contributed by atoms with Crippen molar-refractivity contribution in [3.63, 3.8) is 0 Å².